The van der Waals surface area contributed by atoms with Gasteiger partial charge in [0, 0.05) is 22.4 Å². The normalized spacial score (nSPS) is 11.8. The molecule has 2 aromatic carbocycles. The summed E-state index contributed by atoms with van der Waals surface area (Å²) in [6.45, 7) is 0. The van der Waals surface area contributed by atoms with Gasteiger partial charge in [-0.2, -0.15) is 5.10 Å². The van der Waals surface area contributed by atoms with Crippen LogP contribution in [0.2, 0.25) is 0 Å². The number of amidine groups is 1. The third kappa shape index (κ3) is 6.03. The van der Waals surface area contributed by atoms with Crippen LogP contribution in [0.15, 0.2) is 97.2 Å². The Morgan fingerprint density at radius 2 is 1.94 bits per heavy atom. The molecule has 0 saturated carbocycles. The molecule has 0 radical (unpaired) electrons. The number of pyridine rings is 1. The van der Waals surface area contributed by atoms with Crippen LogP contribution in [0.25, 0.3) is 10.2 Å². The molecule has 1 N–H and O–H groups in total. The molecule has 0 aliphatic carbocycles. The van der Waals surface area contributed by atoms with Crippen molar-refractivity contribution in [2.75, 3.05) is 5.75 Å². The number of hydrogen-bond acceptors (Lipinski definition) is 7. The maximum atomic E-state index is 12.3. The molecule has 0 atom stereocenters. The molecular formula is C21H15BrN6OS2. The van der Waals surface area contributed by atoms with Gasteiger partial charge in [0.25, 0.3) is 5.91 Å². The summed E-state index contributed by atoms with van der Waals surface area (Å²) in [6.07, 6.45) is 3.27. The van der Waals surface area contributed by atoms with Gasteiger partial charge in [0.15, 0.2) is 4.34 Å². The number of nitrogens with zero attached hydrogens (tertiary/aromatic N) is 5. The molecule has 2 heterocycles. The standard InChI is InChI=1S/C21H15BrN6OS2/c22-15-7-9-16(10-8-15)25-27-20(14-4-3-11-23-12-14)28-26-19(29)13-30-21-24-17-5-1-2-6-18(17)31-21/h1-12H,13H2,(H,26,29)/b27-25?,28-20-. The summed E-state index contributed by atoms with van der Waals surface area (Å²) in [6, 6.07) is 18.8. The fourth-order valence-corrected chi connectivity index (χ4v) is 4.57. The lowest BCUT2D eigenvalue weighted by Crippen LogP contribution is -2.21. The van der Waals surface area contributed by atoms with Crippen molar-refractivity contribution in [3.8, 4) is 0 Å². The van der Waals surface area contributed by atoms with Crippen LogP contribution in [0.1, 0.15) is 5.56 Å². The van der Waals surface area contributed by atoms with Crippen molar-refractivity contribution in [3.63, 3.8) is 0 Å². The average Bonchev–Trinajstić information content (AvgIpc) is 3.22. The van der Waals surface area contributed by atoms with Gasteiger partial charge >= 0.3 is 0 Å². The number of carbonyl (C=O) groups excluding carboxylic acids is 1. The average molecular weight is 511 g/mol. The lowest BCUT2D eigenvalue weighted by Gasteiger charge is -2.02. The van der Waals surface area contributed by atoms with E-state index in [-0.39, 0.29) is 17.5 Å². The summed E-state index contributed by atoms with van der Waals surface area (Å²) in [7, 11) is 0. The second-order valence-corrected chi connectivity index (χ2v) is 9.29. The molecule has 1 amide bonds. The van der Waals surface area contributed by atoms with Crippen molar-refractivity contribution < 1.29 is 4.79 Å². The van der Waals surface area contributed by atoms with Gasteiger partial charge in [0.1, 0.15) is 0 Å². The van der Waals surface area contributed by atoms with Crippen LogP contribution >= 0.6 is 39.0 Å². The van der Waals surface area contributed by atoms with Crippen LogP contribution in [0.5, 0.6) is 0 Å². The van der Waals surface area contributed by atoms with Crippen molar-refractivity contribution >= 4 is 66.7 Å². The van der Waals surface area contributed by atoms with Crippen LogP contribution in [-0.4, -0.2) is 27.5 Å². The Morgan fingerprint density at radius 1 is 1.10 bits per heavy atom. The zero-order valence-electron chi connectivity index (χ0n) is 16.0. The second kappa shape index (κ2) is 10.4. The molecule has 0 aliphatic rings. The zero-order valence-corrected chi connectivity index (χ0v) is 19.2. The number of benzene rings is 2. The third-order valence-corrected chi connectivity index (χ3v) is 6.60. The fourth-order valence-electron chi connectivity index (χ4n) is 2.44. The molecule has 2 aromatic heterocycles. The van der Waals surface area contributed by atoms with Crippen LogP contribution in [0.3, 0.4) is 0 Å². The van der Waals surface area contributed by atoms with E-state index < -0.39 is 0 Å². The van der Waals surface area contributed by atoms with Crippen LogP contribution in [0, 0.1) is 0 Å². The molecule has 0 fully saturated rings. The van der Waals surface area contributed by atoms with Gasteiger partial charge in [-0.15, -0.1) is 21.6 Å². The number of carbonyl (C=O) groups is 1. The highest BCUT2D eigenvalue weighted by Crippen LogP contribution is 2.29. The number of para-hydroxylation sites is 1. The van der Waals surface area contributed by atoms with Crippen molar-refractivity contribution in [2.45, 2.75) is 4.34 Å². The van der Waals surface area contributed by atoms with Crippen LogP contribution in [0.4, 0.5) is 5.69 Å². The number of amides is 1. The number of halogens is 1. The minimum Gasteiger partial charge on any atom is -0.272 e. The van der Waals surface area contributed by atoms with E-state index in [4.69, 9.17) is 0 Å². The smallest absolute Gasteiger partial charge is 0.250 e. The van der Waals surface area contributed by atoms with Gasteiger partial charge in [-0.3, -0.25) is 9.78 Å². The number of thiazole rings is 1. The highest BCUT2D eigenvalue weighted by atomic mass is 79.9. The summed E-state index contributed by atoms with van der Waals surface area (Å²) in [4.78, 5) is 20.9. The predicted molar refractivity (Wildman–Crippen MR) is 128 cm³/mol. The monoisotopic (exact) mass is 510 g/mol. The van der Waals surface area contributed by atoms with E-state index in [0.29, 0.717) is 11.3 Å². The van der Waals surface area contributed by atoms with E-state index in [1.807, 2.05) is 48.5 Å². The van der Waals surface area contributed by atoms with Gasteiger partial charge < -0.3 is 0 Å². The molecule has 10 heteroatoms. The first kappa shape index (κ1) is 21.3. The lowest BCUT2D eigenvalue weighted by molar-refractivity contribution is -0.118. The van der Waals surface area contributed by atoms with Crippen molar-refractivity contribution in [2.24, 2.45) is 15.3 Å². The van der Waals surface area contributed by atoms with Crippen molar-refractivity contribution in [3.05, 3.63) is 83.1 Å². The molecule has 0 unspecified atom stereocenters. The van der Waals surface area contributed by atoms with E-state index >= 15 is 0 Å². The maximum Gasteiger partial charge on any atom is 0.250 e. The molecular weight excluding hydrogens is 496 g/mol. The summed E-state index contributed by atoms with van der Waals surface area (Å²) in [5.74, 6) is 0.187. The number of hydrazone groups is 1. The van der Waals surface area contributed by atoms with Gasteiger partial charge in [-0.25, -0.2) is 10.4 Å². The number of aromatic nitrogens is 2. The molecule has 7 nitrogen and oxygen atoms in total. The van der Waals surface area contributed by atoms with Crippen LogP contribution < -0.4 is 5.43 Å². The van der Waals surface area contributed by atoms with E-state index in [9.17, 15) is 4.79 Å². The topological polar surface area (TPSA) is 92.0 Å². The minimum atomic E-state index is -0.260. The number of fused-ring (bicyclic) bond motifs is 1. The third-order valence-electron chi connectivity index (χ3n) is 3.89. The Morgan fingerprint density at radius 3 is 2.71 bits per heavy atom. The minimum absolute atomic E-state index is 0.188. The number of hydrogen-bond donors (Lipinski definition) is 1. The highest BCUT2D eigenvalue weighted by molar-refractivity contribution is 9.10. The first-order valence-corrected chi connectivity index (χ1v) is 11.7. The number of thioether (sulfide) groups is 1. The molecule has 154 valence electrons. The fraction of sp³-hybridized carbons (Fsp3) is 0.0476. The summed E-state index contributed by atoms with van der Waals surface area (Å²) in [5.41, 5.74) is 4.78. The first-order valence-electron chi connectivity index (χ1n) is 9.10. The summed E-state index contributed by atoms with van der Waals surface area (Å²) < 4.78 is 2.88. The lowest BCUT2D eigenvalue weighted by atomic mass is 10.3. The Balaban J connectivity index is 1.43. The van der Waals surface area contributed by atoms with Gasteiger partial charge in [0.05, 0.1) is 21.7 Å². The highest BCUT2D eigenvalue weighted by Gasteiger charge is 2.09. The molecule has 0 saturated heterocycles. The Hall–Kier alpha value is -2.95. The summed E-state index contributed by atoms with van der Waals surface area (Å²) in [5, 5.41) is 12.6. The Kier molecular flexibility index (Phi) is 7.13. The van der Waals surface area contributed by atoms with Gasteiger partial charge in [0.2, 0.25) is 5.84 Å². The van der Waals surface area contributed by atoms with Crippen molar-refractivity contribution in [1.82, 2.24) is 15.4 Å². The molecule has 0 aliphatic heterocycles. The Bertz CT molecular complexity index is 1210. The predicted octanol–water partition coefficient (Wildman–Crippen LogP) is 5.81. The number of nitrogens with one attached hydrogen (secondary N) is 1. The van der Waals surface area contributed by atoms with E-state index in [1.54, 1.807) is 35.9 Å². The molecule has 4 rings (SSSR count). The second-order valence-electron chi connectivity index (χ2n) is 6.12. The molecule has 4 aromatic rings. The SMILES string of the molecule is O=C(CSc1nc2ccccc2s1)N/N=C(\N=Nc1ccc(Br)cc1)c1cccnc1. The van der Waals surface area contributed by atoms with E-state index in [2.05, 4.69) is 46.7 Å². The van der Waals surface area contributed by atoms with Gasteiger partial charge in [-0.05, 0) is 48.5 Å². The van der Waals surface area contributed by atoms with Gasteiger partial charge in [-0.1, -0.05) is 39.8 Å². The first-order chi connectivity index (χ1) is 15.2. The van der Waals surface area contributed by atoms with E-state index in [1.165, 1.54) is 11.8 Å². The maximum absolute atomic E-state index is 12.3. The Labute approximate surface area is 194 Å². The quantitative estimate of drug-likeness (QED) is 0.116. The molecule has 0 spiro atoms. The molecule has 0 bridgehead atoms. The number of rotatable bonds is 6. The molecule has 31 heavy (non-hydrogen) atoms. The van der Waals surface area contributed by atoms with Crippen LogP contribution in [-0.2, 0) is 4.79 Å². The van der Waals surface area contributed by atoms with Crippen molar-refractivity contribution in [1.29, 1.82) is 0 Å². The largest absolute Gasteiger partial charge is 0.272 e. The van der Waals surface area contributed by atoms with E-state index in [0.717, 1.165) is 19.0 Å². The number of azo groups is 1. The zero-order chi connectivity index (χ0) is 21.5. The summed E-state index contributed by atoms with van der Waals surface area (Å²) >= 11 is 6.31.